The van der Waals surface area contributed by atoms with Crippen LogP contribution in [0.3, 0.4) is 0 Å². The molecule has 2 aromatic rings. The van der Waals surface area contributed by atoms with Crippen LogP contribution < -0.4 is 5.32 Å². The number of benzene rings is 2. The standard InChI is InChI=1S/C16H15NO3S/c18-15(19)14(13-9-5-2-6-10-13)17-16(21)20-11-12-7-3-1-4-8-12/h1-10,14H,11H2,(H,17,21)(H,18,19). The molecule has 2 N–H and O–H groups in total. The third-order valence-corrected chi connectivity index (χ3v) is 3.09. The van der Waals surface area contributed by atoms with Gasteiger partial charge >= 0.3 is 5.97 Å². The maximum absolute atomic E-state index is 11.3. The topological polar surface area (TPSA) is 58.6 Å². The second-order valence-corrected chi connectivity index (χ2v) is 4.76. The summed E-state index contributed by atoms with van der Waals surface area (Å²) in [6.45, 7) is 0.299. The van der Waals surface area contributed by atoms with E-state index in [4.69, 9.17) is 17.0 Å². The molecule has 0 amide bonds. The summed E-state index contributed by atoms with van der Waals surface area (Å²) in [5.41, 5.74) is 1.59. The van der Waals surface area contributed by atoms with Crippen LogP contribution in [0.5, 0.6) is 0 Å². The molecule has 0 saturated carbocycles. The van der Waals surface area contributed by atoms with Gasteiger partial charge in [-0.2, -0.15) is 0 Å². The van der Waals surface area contributed by atoms with Gasteiger partial charge in [-0.1, -0.05) is 60.7 Å². The highest BCUT2D eigenvalue weighted by molar-refractivity contribution is 7.80. The Morgan fingerprint density at radius 3 is 2.24 bits per heavy atom. The van der Waals surface area contributed by atoms with Crippen molar-refractivity contribution in [2.24, 2.45) is 0 Å². The molecule has 1 unspecified atom stereocenters. The molecule has 4 nitrogen and oxygen atoms in total. The Labute approximate surface area is 128 Å². The molecule has 0 spiro atoms. The van der Waals surface area contributed by atoms with Crippen LogP contribution in [0.2, 0.25) is 0 Å². The van der Waals surface area contributed by atoms with E-state index in [-0.39, 0.29) is 5.17 Å². The summed E-state index contributed by atoms with van der Waals surface area (Å²) in [5, 5.41) is 12.1. The van der Waals surface area contributed by atoms with E-state index >= 15 is 0 Å². The molecular formula is C16H15NO3S. The van der Waals surface area contributed by atoms with Crippen molar-refractivity contribution in [3.8, 4) is 0 Å². The quantitative estimate of drug-likeness (QED) is 0.832. The lowest BCUT2D eigenvalue weighted by atomic mass is 10.1. The van der Waals surface area contributed by atoms with Crippen molar-refractivity contribution in [2.75, 3.05) is 0 Å². The molecule has 0 heterocycles. The lowest BCUT2D eigenvalue weighted by Crippen LogP contribution is -2.33. The average molecular weight is 301 g/mol. The summed E-state index contributed by atoms with van der Waals surface area (Å²) in [5.74, 6) is -1.01. The molecule has 0 aliphatic carbocycles. The fourth-order valence-electron chi connectivity index (χ4n) is 1.82. The van der Waals surface area contributed by atoms with Gasteiger partial charge in [0, 0.05) is 0 Å². The number of hydrogen-bond acceptors (Lipinski definition) is 3. The average Bonchev–Trinajstić information content (AvgIpc) is 2.52. The minimum Gasteiger partial charge on any atom is -0.479 e. The second-order valence-electron chi connectivity index (χ2n) is 4.39. The lowest BCUT2D eigenvalue weighted by Gasteiger charge is -2.17. The van der Waals surface area contributed by atoms with Crippen molar-refractivity contribution in [3.63, 3.8) is 0 Å². The number of hydrogen-bond donors (Lipinski definition) is 2. The Hall–Kier alpha value is -2.40. The molecule has 0 bridgehead atoms. The van der Waals surface area contributed by atoms with Gasteiger partial charge in [0.2, 0.25) is 0 Å². The first kappa shape index (κ1) is 15.0. The van der Waals surface area contributed by atoms with Crippen molar-refractivity contribution in [3.05, 3.63) is 71.8 Å². The highest BCUT2D eigenvalue weighted by Crippen LogP contribution is 2.13. The molecule has 21 heavy (non-hydrogen) atoms. The number of aliphatic carboxylic acids is 1. The Kier molecular flexibility index (Phi) is 5.29. The summed E-state index contributed by atoms with van der Waals surface area (Å²) in [7, 11) is 0. The zero-order chi connectivity index (χ0) is 15.1. The number of nitrogens with one attached hydrogen (secondary N) is 1. The van der Waals surface area contributed by atoms with E-state index in [9.17, 15) is 9.90 Å². The summed E-state index contributed by atoms with van der Waals surface area (Å²) >= 11 is 5.05. The van der Waals surface area contributed by atoms with E-state index in [1.54, 1.807) is 24.3 Å². The number of ether oxygens (including phenoxy) is 1. The van der Waals surface area contributed by atoms with Crippen LogP contribution in [0, 0.1) is 0 Å². The molecule has 0 radical (unpaired) electrons. The SMILES string of the molecule is O=C(O)C(NC(=S)OCc1ccccc1)c1ccccc1. The molecule has 108 valence electrons. The van der Waals surface area contributed by atoms with Crippen LogP contribution in [-0.4, -0.2) is 16.3 Å². The normalized spacial score (nSPS) is 11.4. The van der Waals surface area contributed by atoms with Gasteiger partial charge in [-0.3, -0.25) is 0 Å². The van der Waals surface area contributed by atoms with Gasteiger partial charge in [-0.05, 0) is 23.3 Å². The van der Waals surface area contributed by atoms with Gasteiger partial charge in [0.05, 0.1) is 0 Å². The van der Waals surface area contributed by atoms with Crippen molar-refractivity contribution in [1.29, 1.82) is 0 Å². The largest absolute Gasteiger partial charge is 0.479 e. The van der Waals surface area contributed by atoms with E-state index < -0.39 is 12.0 Å². The van der Waals surface area contributed by atoms with E-state index in [0.717, 1.165) is 5.56 Å². The molecule has 1 atom stereocenters. The molecule has 0 saturated heterocycles. The second kappa shape index (κ2) is 7.40. The van der Waals surface area contributed by atoms with E-state index in [2.05, 4.69) is 5.32 Å². The first-order chi connectivity index (χ1) is 10.2. The van der Waals surface area contributed by atoms with Crippen LogP contribution in [0.15, 0.2) is 60.7 Å². The molecule has 2 rings (SSSR count). The lowest BCUT2D eigenvalue weighted by molar-refractivity contribution is -0.139. The monoisotopic (exact) mass is 301 g/mol. The van der Waals surface area contributed by atoms with Gasteiger partial charge in [0.15, 0.2) is 6.04 Å². The summed E-state index contributed by atoms with van der Waals surface area (Å²) in [6, 6.07) is 17.5. The van der Waals surface area contributed by atoms with Gasteiger partial charge in [-0.25, -0.2) is 4.79 Å². The van der Waals surface area contributed by atoms with E-state index in [1.165, 1.54) is 0 Å². The minimum absolute atomic E-state index is 0.0649. The van der Waals surface area contributed by atoms with E-state index in [0.29, 0.717) is 12.2 Å². The third-order valence-electron chi connectivity index (χ3n) is 2.85. The first-order valence-corrected chi connectivity index (χ1v) is 6.82. The highest BCUT2D eigenvalue weighted by atomic mass is 32.1. The Morgan fingerprint density at radius 2 is 1.67 bits per heavy atom. The molecule has 2 aromatic carbocycles. The number of carbonyl (C=O) groups is 1. The van der Waals surface area contributed by atoms with Crippen LogP contribution >= 0.6 is 12.2 Å². The minimum atomic E-state index is -1.01. The van der Waals surface area contributed by atoms with Gasteiger partial charge in [0.25, 0.3) is 5.17 Å². The third kappa shape index (κ3) is 4.57. The van der Waals surface area contributed by atoms with Crippen LogP contribution in [0.4, 0.5) is 0 Å². The summed E-state index contributed by atoms with van der Waals surface area (Å²) in [6.07, 6.45) is 0. The summed E-state index contributed by atoms with van der Waals surface area (Å²) in [4.78, 5) is 11.3. The van der Waals surface area contributed by atoms with Crippen molar-refractivity contribution in [2.45, 2.75) is 12.6 Å². The summed E-state index contributed by atoms with van der Waals surface area (Å²) < 4.78 is 5.39. The van der Waals surface area contributed by atoms with Gasteiger partial charge < -0.3 is 15.2 Å². The predicted octanol–water partition coefficient (Wildman–Crippen LogP) is 2.90. The highest BCUT2D eigenvalue weighted by Gasteiger charge is 2.20. The van der Waals surface area contributed by atoms with Crippen molar-refractivity contribution < 1.29 is 14.6 Å². The van der Waals surface area contributed by atoms with Crippen LogP contribution in [0.1, 0.15) is 17.2 Å². The van der Waals surface area contributed by atoms with Gasteiger partial charge in [0.1, 0.15) is 6.61 Å². The smallest absolute Gasteiger partial charge is 0.330 e. The number of rotatable bonds is 5. The fraction of sp³-hybridized carbons (Fsp3) is 0.125. The number of carboxylic acids is 1. The van der Waals surface area contributed by atoms with Crippen molar-refractivity contribution in [1.82, 2.24) is 5.32 Å². The van der Waals surface area contributed by atoms with Crippen LogP contribution in [-0.2, 0) is 16.1 Å². The van der Waals surface area contributed by atoms with Gasteiger partial charge in [-0.15, -0.1) is 0 Å². The zero-order valence-corrected chi connectivity index (χ0v) is 12.0. The van der Waals surface area contributed by atoms with Crippen LogP contribution in [0.25, 0.3) is 0 Å². The number of carboxylic acid groups (broad SMARTS) is 1. The Bertz CT molecular complexity index is 601. The molecule has 0 fully saturated rings. The van der Waals surface area contributed by atoms with E-state index in [1.807, 2.05) is 36.4 Å². The maximum Gasteiger partial charge on any atom is 0.330 e. The molecule has 0 aliphatic heterocycles. The maximum atomic E-state index is 11.3. The molecule has 0 aromatic heterocycles. The molecule has 0 aliphatic rings. The Balaban J connectivity index is 1.95. The predicted molar refractivity (Wildman–Crippen MR) is 83.8 cm³/mol. The first-order valence-electron chi connectivity index (χ1n) is 6.42. The zero-order valence-electron chi connectivity index (χ0n) is 11.2. The molecular weight excluding hydrogens is 286 g/mol. The Morgan fingerprint density at radius 1 is 1.10 bits per heavy atom. The van der Waals surface area contributed by atoms with Crippen molar-refractivity contribution >= 4 is 23.4 Å². The fourth-order valence-corrected chi connectivity index (χ4v) is 1.99. The number of thiocarbonyl (C=S) groups is 1. The molecule has 5 heteroatoms.